The predicted molar refractivity (Wildman–Crippen MR) is 112 cm³/mol. The van der Waals surface area contributed by atoms with Crippen molar-refractivity contribution in [1.29, 1.82) is 0 Å². The van der Waals surface area contributed by atoms with Gasteiger partial charge in [0.2, 0.25) is 0 Å². The molecule has 4 rings (SSSR count). The lowest BCUT2D eigenvalue weighted by Crippen LogP contribution is -2.30. The number of nitrogens with zero attached hydrogens (tertiary/aromatic N) is 4. The number of alkyl halides is 3. The first-order chi connectivity index (χ1) is 15.7. The van der Waals surface area contributed by atoms with Crippen LogP contribution in [-0.4, -0.2) is 44.5 Å². The van der Waals surface area contributed by atoms with Crippen LogP contribution in [0, 0.1) is 5.92 Å². The lowest BCUT2D eigenvalue weighted by molar-refractivity contribution is -0.146. The maximum Gasteiger partial charge on any atom is 0.416 e. The maximum atomic E-state index is 13.5. The molecule has 3 aromatic rings. The molecule has 0 spiro atoms. The number of hydrogen-bond donors (Lipinski definition) is 1. The number of methoxy groups -OCH3 is 1. The van der Waals surface area contributed by atoms with E-state index >= 15 is 0 Å². The van der Waals surface area contributed by atoms with E-state index in [1.807, 2.05) is 0 Å². The molecule has 8 nitrogen and oxygen atoms in total. The Balaban J connectivity index is 1.59. The summed E-state index contributed by atoms with van der Waals surface area (Å²) in [5, 5.41) is 7.41. The Bertz CT molecular complexity index is 1160. The molecule has 0 atom stereocenters. The molecule has 1 fully saturated rings. The van der Waals surface area contributed by atoms with Gasteiger partial charge in [-0.05, 0) is 49.9 Å². The van der Waals surface area contributed by atoms with Crippen LogP contribution in [0.1, 0.15) is 47.4 Å². The molecule has 3 aromatic heterocycles. The molecule has 0 unspecified atom stereocenters. The average Bonchev–Trinajstić information content (AvgIpc) is 3.21. The normalized spacial score (nSPS) is 18.8. The van der Waals surface area contributed by atoms with Crippen molar-refractivity contribution in [3.05, 3.63) is 53.6 Å². The van der Waals surface area contributed by atoms with Gasteiger partial charge in [0.05, 0.1) is 25.0 Å². The van der Waals surface area contributed by atoms with Crippen molar-refractivity contribution in [2.75, 3.05) is 12.4 Å². The maximum absolute atomic E-state index is 13.5. The van der Waals surface area contributed by atoms with Gasteiger partial charge in [0, 0.05) is 24.0 Å². The van der Waals surface area contributed by atoms with Crippen molar-refractivity contribution in [1.82, 2.24) is 19.6 Å². The Labute approximate surface area is 187 Å². The van der Waals surface area contributed by atoms with Crippen molar-refractivity contribution in [3.63, 3.8) is 0 Å². The molecule has 1 aliphatic rings. The zero-order valence-corrected chi connectivity index (χ0v) is 17.8. The molecule has 11 heteroatoms. The minimum absolute atomic E-state index is 0.00967. The van der Waals surface area contributed by atoms with E-state index < -0.39 is 11.7 Å². The molecular weight excluding hydrogens is 439 g/mol. The summed E-state index contributed by atoms with van der Waals surface area (Å²) in [6.07, 6.45) is 0.559. The molecule has 0 aliphatic heterocycles. The minimum atomic E-state index is -4.57. The number of halogens is 3. The molecule has 0 bridgehead atoms. The predicted octanol–water partition coefficient (Wildman–Crippen LogP) is 3.71. The first kappa shape index (κ1) is 22.7. The highest BCUT2D eigenvalue weighted by Gasteiger charge is 2.33. The Kier molecular flexibility index (Phi) is 6.30. The van der Waals surface area contributed by atoms with E-state index in [4.69, 9.17) is 4.74 Å². The quantitative estimate of drug-likeness (QED) is 0.441. The highest BCUT2D eigenvalue weighted by atomic mass is 19.4. The van der Waals surface area contributed by atoms with Crippen molar-refractivity contribution in [2.24, 2.45) is 5.92 Å². The molecule has 0 amide bonds. The number of aromatic nitrogens is 4. The summed E-state index contributed by atoms with van der Waals surface area (Å²) in [6.45, 7) is 0. The molecule has 0 radical (unpaired) electrons. The van der Waals surface area contributed by atoms with Gasteiger partial charge in [-0.15, -0.1) is 5.10 Å². The summed E-state index contributed by atoms with van der Waals surface area (Å²) in [7, 11) is 1.34. The van der Waals surface area contributed by atoms with E-state index in [-0.39, 0.29) is 47.4 Å². The number of Topliss-reactive ketones (excluding diaryl/α,β-unsaturated/α-hetero) is 1. The molecule has 3 heterocycles. The smallest absolute Gasteiger partial charge is 0.416 e. The summed E-state index contributed by atoms with van der Waals surface area (Å²) in [4.78, 5) is 32.3. The number of rotatable bonds is 6. The number of carbonyl (C=O) groups is 2. The van der Waals surface area contributed by atoms with Gasteiger partial charge in [-0.1, -0.05) is 0 Å². The second kappa shape index (κ2) is 9.16. The molecule has 33 heavy (non-hydrogen) atoms. The highest BCUT2D eigenvalue weighted by Crippen LogP contribution is 2.33. The fourth-order valence-electron chi connectivity index (χ4n) is 3.99. The van der Waals surface area contributed by atoms with Gasteiger partial charge in [-0.2, -0.15) is 17.7 Å². The average molecular weight is 461 g/mol. The minimum Gasteiger partial charge on any atom is -0.469 e. The lowest BCUT2D eigenvalue weighted by atomic mass is 9.86. The van der Waals surface area contributed by atoms with Gasteiger partial charge in [0.1, 0.15) is 5.82 Å². The van der Waals surface area contributed by atoms with Crippen LogP contribution in [0.15, 0.2) is 36.7 Å². The number of anilines is 1. The Morgan fingerprint density at radius 3 is 2.61 bits per heavy atom. The van der Waals surface area contributed by atoms with E-state index in [2.05, 4.69) is 20.4 Å². The second-order valence-electron chi connectivity index (χ2n) is 7.98. The van der Waals surface area contributed by atoms with Crippen LogP contribution >= 0.6 is 0 Å². The van der Waals surface area contributed by atoms with Crippen molar-refractivity contribution in [3.8, 4) is 0 Å². The summed E-state index contributed by atoms with van der Waals surface area (Å²) in [5.41, 5.74) is -0.504. The molecule has 1 aliphatic carbocycles. The molecular formula is C22H22F3N5O3. The summed E-state index contributed by atoms with van der Waals surface area (Å²) in [6, 6.07) is 4.98. The molecule has 174 valence electrons. The van der Waals surface area contributed by atoms with Crippen molar-refractivity contribution < 1.29 is 27.5 Å². The van der Waals surface area contributed by atoms with E-state index in [0.717, 1.165) is 12.1 Å². The van der Waals surface area contributed by atoms with Crippen LogP contribution in [0.5, 0.6) is 0 Å². The number of ether oxygens (including phenoxy) is 1. The van der Waals surface area contributed by atoms with Gasteiger partial charge < -0.3 is 10.1 Å². The summed E-state index contributed by atoms with van der Waals surface area (Å²) in [5.74, 6) is -0.514. The first-order valence-corrected chi connectivity index (χ1v) is 10.5. The Morgan fingerprint density at radius 2 is 1.97 bits per heavy atom. The number of esters is 1. The van der Waals surface area contributed by atoms with Gasteiger partial charge in [-0.25, -0.2) is 4.98 Å². The lowest BCUT2D eigenvalue weighted by Gasteiger charge is -2.28. The monoisotopic (exact) mass is 461 g/mol. The zero-order chi connectivity index (χ0) is 23.6. The number of fused-ring (bicyclic) bond motifs is 1. The zero-order valence-electron chi connectivity index (χ0n) is 17.8. The third-order valence-electron chi connectivity index (χ3n) is 5.72. The molecule has 1 N–H and O–H groups in total. The Hall–Kier alpha value is -3.50. The van der Waals surface area contributed by atoms with E-state index in [1.165, 1.54) is 24.0 Å². The van der Waals surface area contributed by atoms with Crippen LogP contribution in [0.2, 0.25) is 0 Å². The fourth-order valence-corrected chi connectivity index (χ4v) is 3.99. The molecule has 0 saturated heterocycles. The van der Waals surface area contributed by atoms with Gasteiger partial charge in [-0.3, -0.25) is 14.6 Å². The fraction of sp³-hybridized carbons (Fsp3) is 0.409. The summed E-state index contributed by atoms with van der Waals surface area (Å²) >= 11 is 0. The molecule has 0 aromatic carbocycles. The van der Waals surface area contributed by atoms with Crippen LogP contribution in [0.4, 0.5) is 19.0 Å². The first-order valence-electron chi connectivity index (χ1n) is 10.5. The third-order valence-corrected chi connectivity index (χ3v) is 5.72. The van der Waals surface area contributed by atoms with Gasteiger partial charge in [0.15, 0.2) is 17.3 Å². The summed E-state index contributed by atoms with van der Waals surface area (Å²) < 4.78 is 46.5. The van der Waals surface area contributed by atoms with Gasteiger partial charge >= 0.3 is 12.1 Å². The van der Waals surface area contributed by atoms with E-state index in [0.29, 0.717) is 31.2 Å². The third kappa shape index (κ3) is 5.12. The SMILES string of the molecule is COC(=O)C1CCC(Nc2cc(C(F)(F)F)cc3nc(CC(=O)c4cccnc4)nn23)CC1. The molecule has 1 saturated carbocycles. The van der Waals surface area contributed by atoms with Crippen LogP contribution < -0.4 is 5.32 Å². The van der Waals surface area contributed by atoms with E-state index in [1.54, 1.807) is 12.1 Å². The number of hydrogen-bond acceptors (Lipinski definition) is 7. The standard InChI is InChI=1S/C22H22F3N5O3/c1-33-21(32)13-4-6-16(7-5-13)27-19-9-15(22(23,24)25)10-20-28-18(29-30(19)20)11-17(31)14-3-2-8-26-12-14/h2-3,8-10,12-13,16,27H,4-7,11H2,1H3. The number of ketones is 1. The van der Waals surface area contributed by atoms with Crippen molar-refractivity contribution >= 4 is 23.2 Å². The number of carbonyl (C=O) groups excluding carboxylic acids is 2. The Morgan fingerprint density at radius 1 is 1.21 bits per heavy atom. The van der Waals surface area contributed by atoms with Gasteiger partial charge in [0.25, 0.3) is 0 Å². The highest BCUT2D eigenvalue weighted by molar-refractivity contribution is 5.96. The topological polar surface area (TPSA) is 98.5 Å². The van der Waals surface area contributed by atoms with Crippen LogP contribution in [0.3, 0.4) is 0 Å². The second-order valence-corrected chi connectivity index (χ2v) is 7.98. The number of pyridine rings is 2. The van der Waals surface area contributed by atoms with E-state index in [9.17, 15) is 22.8 Å². The largest absolute Gasteiger partial charge is 0.469 e. The van der Waals surface area contributed by atoms with Crippen molar-refractivity contribution in [2.45, 2.75) is 44.3 Å². The van der Waals surface area contributed by atoms with Crippen LogP contribution in [-0.2, 0) is 22.1 Å². The number of nitrogens with one attached hydrogen (secondary N) is 1. The van der Waals surface area contributed by atoms with Crippen LogP contribution in [0.25, 0.3) is 5.65 Å².